The van der Waals surface area contributed by atoms with Gasteiger partial charge in [-0.3, -0.25) is 24.0 Å². The zero-order valence-corrected chi connectivity index (χ0v) is 33.3. The van der Waals surface area contributed by atoms with Gasteiger partial charge in [0.15, 0.2) is 12.3 Å². The number of nitrogens with zero attached hydrogens (tertiary/aromatic N) is 2. The lowest BCUT2D eigenvalue weighted by molar-refractivity contribution is -0.298. The van der Waals surface area contributed by atoms with Crippen molar-refractivity contribution in [2.75, 3.05) is 33.2 Å². The van der Waals surface area contributed by atoms with E-state index in [1.165, 1.54) is 9.96 Å². The maximum atomic E-state index is 15.0. The Morgan fingerprint density at radius 2 is 1.80 bits per heavy atom. The molecular weight excluding hydrogens is 778 g/mol. The third kappa shape index (κ3) is 8.78. The molecule has 6 aliphatic rings. The monoisotopic (exact) mass is 833 g/mol. The molecule has 19 heteroatoms. The molecule has 2 bridgehead atoms. The van der Waals surface area contributed by atoms with Crippen LogP contribution in [0.15, 0.2) is 30.3 Å². The summed E-state index contributed by atoms with van der Waals surface area (Å²) >= 11 is 0. The van der Waals surface area contributed by atoms with Gasteiger partial charge in [0.1, 0.15) is 72.7 Å². The number of carbonyl (C=O) groups is 4. The summed E-state index contributed by atoms with van der Waals surface area (Å²) < 4.78 is 34.0. The molecule has 1 aromatic carbocycles. The smallest absolute Gasteiger partial charge is 0.327 e. The normalized spacial score (nSPS) is 36.0. The minimum atomic E-state index is -1.55. The van der Waals surface area contributed by atoms with E-state index in [1.807, 2.05) is 24.3 Å². The second-order valence-corrected chi connectivity index (χ2v) is 16.9. The van der Waals surface area contributed by atoms with Gasteiger partial charge in [0.2, 0.25) is 11.8 Å². The summed E-state index contributed by atoms with van der Waals surface area (Å²) in [5.74, 6) is -2.00. The van der Waals surface area contributed by atoms with Gasteiger partial charge in [0, 0.05) is 19.4 Å². The van der Waals surface area contributed by atoms with E-state index in [0.717, 1.165) is 11.1 Å². The second-order valence-electron chi connectivity index (χ2n) is 16.9. The number of ether oxygens (including phenoxy) is 6. The predicted molar refractivity (Wildman–Crippen MR) is 200 cm³/mol. The van der Waals surface area contributed by atoms with Gasteiger partial charge < -0.3 is 64.2 Å². The fourth-order valence-electron chi connectivity index (χ4n) is 9.01. The number of amides is 2. The summed E-state index contributed by atoms with van der Waals surface area (Å²) in [6.07, 6.45) is -5.43. The number of nitrogens with one attached hydrogen (secondary N) is 1. The van der Waals surface area contributed by atoms with Crippen LogP contribution in [0.4, 0.5) is 0 Å². The molecule has 326 valence electrons. The van der Waals surface area contributed by atoms with E-state index in [0.29, 0.717) is 12.8 Å². The number of aliphatic hydroxyl groups is 5. The van der Waals surface area contributed by atoms with E-state index < -0.39 is 121 Å². The van der Waals surface area contributed by atoms with Crippen molar-refractivity contribution < 1.29 is 78.0 Å². The Hall–Kier alpha value is -3.60. The summed E-state index contributed by atoms with van der Waals surface area (Å²) in [6.45, 7) is 4.54. The minimum Gasteiger partial charge on any atom is -0.460 e. The molecule has 1 aromatic rings. The Morgan fingerprint density at radius 1 is 1.05 bits per heavy atom. The van der Waals surface area contributed by atoms with Crippen LogP contribution in [-0.4, -0.2) is 171 Å². The van der Waals surface area contributed by atoms with Crippen molar-refractivity contribution in [3.63, 3.8) is 0 Å². The predicted octanol–water partition coefficient (Wildman–Crippen LogP) is -1.35. The molecule has 2 amide bonds. The van der Waals surface area contributed by atoms with E-state index in [-0.39, 0.29) is 45.8 Å². The Balaban J connectivity index is 1.03. The number of benzene rings is 1. The van der Waals surface area contributed by atoms with Gasteiger partial charge in [-0.25, -0.2) is 0 Å². The van der Waals surface area contributed by atoms with Crippen LogP contribution in [0.25, 0.3) is 6.08 Å². The number of fused-ring (bicyclic) bond motifs is 4. The van der Waals surface area contributed by atoms with Crippen molar-refractivity contribution in [3.05, 3.63) is 41.5 Å². The zero-order chi connectivity index (χ0) is 42.2. The quantitative estimate of drug-likeness (QED) is 0.119. The van der Waals surface area contributed by atoms with Gasteiger partial charge in [0.05, 0.1) is 32.4 Å². The summed E-state index contributed by atoms with van der Waals surface area (Å²) in [6, 6.07) is 4.50. The molecule has 0 aromatic heterocycles. The van der Waals surface area contributed by atoms with Gasteiger partial charge in [-0.05, 0) is 51.2 Å². The molecule has 13 atom stereocenters. The summed E-state index contributed by atoms with van der Waals surface area (Å²) in [5.41, 5.74) is -0.618. The average molecular weight is 834 g/mol. The Kier molecular flexibility index (Phi) is 13.1. The molecule has 59 heavy (non-hydrogen) atoms. The molecule has 5 saturated heterocycles. The maximum absolute atomic E-state index is 15.0. The Bertz CT molecular complexity index is 1720. The lowest BCUT2D eigenvalue weighted by Gasteiger charge is -2.50. The van der Waals surface area contributed by atoms with Gasteiger partial charge in [-0.1, -0.05) is 36.4 Å². The number of hydrogen-bond donors (Lipinski definition) is 6. The van der Waals surface area contributed by atoms with Gasteiger partial charge in [0.25, 0.3) is 0 Å². The van der Waals surface area contributed by atoms with Crippen molar-refractivity contribution in [3.8, 4) is 0 Å². The minimum absolute atomic E-state index is 0.0159. The van der Waals surface area contributed by atoms with Crippen molar-refractivity contribution in [2.24, 2.45) is 5.41 Å². The Labute approximate surface area is 341 Å². The molecule has 13 unspecified atom stereocenters. The first-order valence-electron chi connectivity index (χ1n) is 20.1. The second kappa shape index (κ2) is 17.8. The Morgan fingerprint density at radius 3 is 2.51 bits per heavy atom. The SMILES string of the molecule is CC(C)(C)OC(=O)CCC(CO)NC(=O)C1CCCN1C(=O)C12CC3OC(=O)C1N(Cc1ccc(C=CCOC4OC(CO)C(O)C(O)C4O)cc1)OC2C1OCOC31. The first-order valence-corrected chi connectivity index (χ1v) is 20.1. The van der Waals surface area contributed by atoms with Crippen molar-refractivity contribution in [2.45, 2.75) is 138 Å². The summed E-state index contributed by atoms with van der Waals surface area (Å²) in [4.78, 5) is 63.1. The number of carbonyl (C=O) groups excluding carboxylic acids is 4. The van der Waals surface area contributed by atoms with Crippen molar-refractivity contribution in [1.82, 2.24) is 15.3 Å². The van der Waals surface area contributed by atoms with Crippen LogP contribution in [0, 0.1) is 5.41 Å². The molecule has 19 nitrogen and oxygen atoms in total. The van der Waals surface area contributed by atoms with Crippen LogP contribution >= 0.6 is 0 Å². The first-order chi connectivity index (χ1) is 28.1. The van der Waals surface area contributed by atoms with E-state index in [1.54, 1.807) is 32.9 Å². The molecule has 0 radical (unpaired) electrons. The lowest BCUT2D eigenvalue weighted by Crippen LogP contribution is -2.70. The number of hydroxylamine groups is 2. The van der Waals surface area contributed by atoms with Crippen LogP contribution in [0.2, 0.25) is 0 Å². The highest BCUT2D eigenvalue weighted by molar-refractivity contribution is 5.96. The fourth-order valence-corrected chi connectivity index (χ4v) is 9.01. The molecule has 6 N–H and O–H groups in total. The van der Waals surface area contributed by atoms with Crippen LogP contribution in [0.1, 0.15) is 64.0 Å². The number of aliphatic hydroxyl groups excluding tert-OH is 5. The lowest BCUT2D eigenvalue weighted by atomic mass is 9.62. The number of hydrogen-bond acceptors (Lipinski definition) is 17. The van der Waals surface area contributed by atoms with E-state index in [4.69, 9.17) is 33.3 Å². The highest BCUT2D eigenvalue weighted by Gasteiger charge is 2.75. The van der Waals surface area contributed by atoms with E-state index in [2.05, 4.69) is 5.32 Å². The molecule has 5 aliphatic heterocycles. The van der Waals surface area contributed by atoms with Crippen LogP contribution < -0.4 is 5.32 Å². The molecule has 0 spiro atoms. The highest BCUT2D eigenvalue weighted by atomic mass is 16.8. The standard InChI is InChI=1S/C40H55N3O16/c1-39(2,3)58-27(46)13-12-23(18-44)41-35(50)24-7-4-14-42(24)38(52)40-16-25-31-32(55-20-54-31)34(40)59-43(33(40)36(51)56-25)17-22-10-8-21(9-11-22)6-5-15-53-37-30(49)29(48)28(47)26(19-45)57-37/h5-6,8-11,23-26,28-34,37,44-45,47-49H,4,7,12-20H2,1-3H3,(H,41,50). The molecule has 1 saturated carbocycles. The number of esters is 2. The van der Waals surface area contributed by atoms with Crippen molar-refractivity contribution >= 4 is 29.8 Å². The number of likely N-dealkylation sites (tertiary alicyclic amines) is 1. The molecular formula is C40H55N3O16. The fraction of sp³-hybridized carbons (Fsp3) is 0.700. The molecule has 5 heterocycles. The van der Waals surface area contributed by atoms with E-state index in [9.17, 15) is 39.9 Å². The summed E-state index contributed by atoms with van der Waals surface area (Å²) in [5, 5.41) is 53.9. The van der Waals surface area contributed by atoms with Crippen molar-refractivity contribution in [1.29, 1.82) is 0 Å². The van der Waals surface area contributed by atoms with Gasteiger partial charge in [-0.2, -0.15) is 5.06 Å². The summed E-state index contributed by atoms with van der Waals surface area (Å²) in [7, 11) is 0. The van der Waals surface area contributed by atoms with E-state index >= 15 is 4.79 Å². The molecule has 7 rings (SSSR count). The molecule has 6 fully saturated rings. The maximum Gasteiger partial charge on any atom is 0.327 e. The van der Waals surface area contributed by atoms with Crippen LogP contribution in [-0.2, 0) is 59.0 Å². The zero-order valence-electron chi connectivity index (χ0n) is 33.3. The van der Waals surface area contributed by atoms with Crippen LogP contribution in [0.3, 0.4) is 0 Å². The molecule has 1 aliphatic carbocycles. The third-order valence-electron chi connectivity index (χ3n) is 11.8. The van der Waals surface area contributed by atoms with Crippen LogP contribution in [0.5, 0.6) is 0 Å². The van der Waals surface area contributed by atoms with Gasteiger partial charge in [-0.15, -0.1) is 0 Å². The highest BCUT2D eigenvalue weighted by Crippen LogP contribution is 2.56. The largest absolute Gasteiger partial charge is 0.460 e. The first kappa shape index (κ1) is 43.5. The van der Waals surface area contributed by atoms with Gasteiger partial charge >= 0.3 is 11.9 Å². The third-order valence-corrected chi connectivity index (χ3v) is 11.8. The number of rotatable bonds is 14. The topological polar surface area (TPSA) is 253 Å². The average Bonchev–Trinajstić information content (AvgIpc) is 3.97.